The zero-order valence-electron chi connectivity index (χ0n) is 7.35. The van der Waals surface area contributed by atoms with Gasteiger partial charge in [-0.1, -0.05) is 45.3 Å². The third kappa shape index (κ3) is 1.77. The number of hydrogen-bond acceptors (Lipinski definition) is 0. The summed E-state index contributed by atoms with van der Waals surface area (Å²) in [6, 6.07) is 0. The average Bonchev–Trinajstić information content (AvgIpc) is 1.79. The predicted octanol–water partition coefficient (Wildman–Crippen LogP) is 2.79. The Balaban J connectivity index is 2.49. The van der Waals surface area contributed by atoms with Crippen molar-refractivity contribution in [1.29, 1.82) is 0 Å². The second kappa shape index (κ2) is 2.60. The lowest BCUT2D eigenvalue weighted by Crippen LogP contribution is -2.24. The Morgan fingerprint density at radius 3 is 2.30 bits per heavy atom. The molecule has 0 heterocycles. The minimum Gasteiger partial charge on any atom is -0.0686 e. The molecule has 1 aliphatic carbocycles. The monoisotopic (exact) mass is 136 g/mol. The predicted molar refractivity (Wildman–Crippen MR) is 46.3 cm³/mol. The van der Waals surface area contributed by atoms with Gasteiger partial charge in [0, 0.05) is 0 Å². The maximum absolute atomic E-state index is 6.03. The van der Waals surface area contributed by atoms with Crippen molar-refractivity contribution in [3.8, 4) is 0 Å². The molecule has 0 amide bonds. The molecule has 3 unspecified atom stereocenters. The molecule has 0 aromatic carbocycles. The third-order valence-corrected chi connectivity index (χ3v) is 2.93. The maximum atomic E-state index is 6.03. The molecular weight excluding hydrogens is 119 g/mol. The van der Waals surface area contributed by atoms with Crippen LogP contribution in [-0.4, -0.2) is 7.85 Å². The summed E-state index contributed by atoms with van der Waals surface area (Å²) in [4.78, 5) is 0. The fourth-order valence-corrected chi connectivity index (χ4v) is 1.88. The minimum absolute atomic E-state index is 0.131. The first-order valence-corrected chi connectivity index (χ1v) is 4.30. The van der Waals surface area contributed by atoms with E-state index in [4.69, 9.17) is 7.85 Å². The first kappa shape index (κ1) is 8.16. The molecule has 1 heteroatoms. The van der Waals surface area contributed by atoms with E-state index in [0.29, 0.717) is 0 Å². The summed E-state index contributed by atoms with van der Waals surface area (Å²) in [5.41, 5.74) is 0. The van der Waals surface area contributed by atoms with Gasteiger partial charge in [-0.15, -0.1) is 0 Å². The fourth-order valence-electron chi connectivity index (χ4n) is 1.88. The Kier molecular flexibility index (Phi) is 2.12. The summed E-state index contributed by atoms with van der Waals surface area (Å²) in [6.07, 6.45) is 3.72. The van der Waals surface area contributed by atoms with Crippen molar-refractivity contribution in [1.82, 2.24) is 0 Å². The summed E-state index contributed by atoms with van der Waals surface area (Å²) in [6.45, 7) is 6.82. The van der Waals surface area contributed by atoms with Crippen LogP contribution >= 0.6 is 0 Å². The van der Waals surface area contributed by atoms with E-state index in [-0.39, 0.29) is 5.31 Å². The molecule has 0 spiro atoms. The third-order valence-electron chi connectivity index (χ3n) is 2.93. The SMILES string of the molecule is [B]C1(C)CCC(C)C(C)C1. The molecule has 0 aromatic rings. The molecule has 1 saturated carbocycles. The van der Waals surface area contributed by atoms with Crippen molar-refractivity contribution in [2.24, 2.45) is 11.8 Å². The normalized spacial score (nSPS) is 49.1. The molecule has 56 valence electrons. The molecule has 0 nitrogen and oxygen atoms in total. The van der Waals surface area contributed by atoms with Gasteiger partial charge in [0.2, 0.25) is 0 Å². The van der Waals surface area contributed by atoms with Gasteiger partial charge in [-0.25, -0.2) is 0 Å². The molecular formula is C9H17B. The van der Waals surface area contributed by atoms with Gasteiger partial charge in [0.05, 0.1) is 7.85 Å². The van der Waals surface area contributed by atoms with Crippen molar-refractivity contribution in [3.05, 3.63) is 0 Å². The highest BCUT2D eigenvalue weighted by molar-refractivity contribution is 6.14. The van der Waals surface area contributed by atoms with E-state index in [9.17, 15) is 0 Å². The molecule has 0 aliphatic heterocycles. The van der Waals surface area contributed by atoms with Gasteiger partial charge < -0.3 is 0 Å². The second-order valence-electron chi connectivity index (χ2n) is 4.35. The fraction of sp³-hybridized carbons (Fsp3) is 1.00. The first-order chi connectivity index (χ1) is 4.51. The van der Waals surface area contributed by atoms with E-state index in [1.807, 2.05) is 0 Å². The molecule has 1 aliphatic rings. The van der Waals surface area contributed by atoms with Crippen molar-refractivity contribution in [2.45, 2.75) is 45.3 Å². The van der Waals surface area contributed by atoms with Crippen LogP contribution in [0.15, 0.2) is 0 Å². The molecule has 10 heavy (non-hydrogen) atoms. The van der Waals surface area contributed by atoms with Gasteiger partial charge in [-0.3, -0.25) is 0 Å². The van der Waals surface area contributed by atoms with E-state index in [2.05, 4.69) is 20.8 Å². The van der Waals surface area contributed by atoms with Gasteiger partial charge in [0.1, 0.15) is 0 Å². The van der Waals surface area contributed by atoms with Gasteiger partial charge in [0.15, 0.2) is 0 Å². The summed E-state index contributed by atoms with van der Waals surface area (Å²) >= 11 is 0. The topological polar surface area (TPSA) is 0 Å². The lowest BCUT2D eigenvalue weighted by Gasteiger charge is -2.38. The molecule has 3 atom stereocenters. The van der Waals surface area contributed by atoms with Crippen molar-refractivity contribution in [2.75, 3.05) is 0 Å². The van der Waals surface area contributed by atoms with Crippen LogP contribution in [0, 0.1) is 11.8 Å². The Hall–Kier alpha value is 0.0649. The smallest absolute Gasteiger partial charge is 0.0686 e. The Morgan fingerprint density at radius 2 is 1.90 bits per heavy atom. The van der Waals surface area contributed by atoms with Gasteiger partial charge in [-0.05, 0) is 11.8 Å². The summed E-state index contributed by atoms with van der Waals surface area (Å²) in [7, 11) is 6.03. The molecule has 1 fully saturated rings. The summed E-state index contributed by atoms with van der Waals surface area (Å²) in [5.74, 6) is 1.71. The van der Waals surface area contributed by atoms with E-state index >= 15 is 0 Å². The first-order valence-electron chi connectivity index (χ1n) is 4.30. The molecule has 1 rings (SSSR count). The van der Waals surface area contributed by atoms with Crippen molar-refractivity contribution >= 4 is 7.85 Å². The molecule has 0 bridgehead atoms. The standard InChI is InChI=1S/C9H17B/c1-7-4-5-9(3,10)6-8(7)2/h7-8H,4-6H2,1-3H3. The number of rotatable bonds is 0. The van der Waals surface area contributed by atoms with E-state index < -0.39 is 0 Å². The van der Waals surface area contributed by atoms with Crippen LogP contribution in [0.2, 0.25) is 5.31 Å². The quantitative estimate of drug-likeness (QED) is 0.449. The Morgan fingerprint density at radius 1 is 1.30 bits per heavy atom. The van der Waals surface area contributed by atoms with Crippen molar-refractivity contribution < 1.29 is 0 Å². The molecule has 2 radical (unpaired) electrons. The molecule has 0 N–H and O–H groups in total. The second-order valence-corrected chi connectivity index (χ2v) is 4.35. The van der Waals surface area contributed by atoms with Crippen LogP contribution in [0.4, 0.5) is 0 Å². The highest BCUT2D eigenvalue weighted by atomic mass is 14.3. The van der Waals surface area contributed by atoms with E-state index in [0.717, 1.165) is 11.8 Å². The largest absolute Gasteiger partial charge is 0.0742 e. The van der Waals surface area contributed by atoms with Crippen LogP contribution in [0.1, 0.15) is 40.0 Å². The lowest BCUT2D eigenvalue weighted by molar-refractivity contribution is 0.231. The van der Waals surface area contributed by atoms with E-state index in [1.54, 1.807) is 0 Å². The Labute approximate surface area is 65.8 Å². The zero-order valence-corrected chi connectivity index (χ0v) is 7.35. The van der Waals surface area contributed by atoms with Gasteiger partial charge in [0.25, 0.3) is 0 Å². The summed E-state index contributed by atoms with van der Waals surface area (Å²) in [5, 5.41) is 0.131. The van der Waals surface area contributed by atoms with Crippen LogP contribution in [0.25, 0.3) is 0 Å². The maximum Gasteiger partial charge on any atom is 0.0742 e. The highest BCUT2D eigenvalue weighted by Crippen LogP contribution is 2.44. The van der Waals surface area contributed by atoms with Crippen molar-refractivity contribution in [3.63, 3.8) is 0 Å². The molecule has 0 saturated heterocycles. The average molecular weight is 136 g/mol. The zero-order chi connectivity index (χ0) is 7.78. The Bertz CT molecular complexity index is 118. The van der Waals surface area contributed by atoms with Gasteiger partial charge >= 0.3 is 0 Å². The van der Waals surface area contributed by atoms with Crippen LogP contribution in [-0.2, 0) is 0 Å². The highest BCUT2D eigenvalue weighted by Gasteiger charge is 2.29. The summed E-state index contributed by atoms with van der Waals surface area (Å²) < 4.78 is 0. The van der Waals surface area contributed by atoms with Crippen LogP contribution in [0.5, 0.6) is 0 Å². The number of hydrogen-bond donors (Lipinski definition) is 0. The van der Waals surface area contributed by atoms with Crippen LogP contribution in [0.3, 0.4) is 0 Å². The minimum atomic E-state index is 0.131. The molecule has 0 aromatic heterocycles. The lowest BCUT2D eigenvalue weighted by atomic mass is 9.57. The van der Waals surface area contributed by atoms with E-state index in [1.165, 1.54) is 19.3 Å². The van der Waals surface area contributed by atoms with Gasteiger partial charge in [-0.2, -0.15) is 0 Å². The van der Waals surface area contributed by atoms with Crippen LogP contribution < -0.4 is 0 Å².